The van der Waals surface area contributed by atoms with Gasteiger partial charge in [-0.1, -0.05) is 42.1 Å². The van der Waals surface area contributed by atoms with Gasteiger partial charge in [0.25, 0.3) is 5.91 Å². The lowest BCUT2D eigenvalue weighted by molar-refractivity contribution is -0.115. The number of nitrogens with zero attached hydrogens (tertiary/aromatic N) is 1. The van der Waals surface area contributed by atoms with E-state index in [0.717, 1.165) is 11.1 Å². The predicted molar refractivity (Wildman–Crippen MR) is 146 cm³/mol. The molecule has 4 rings (SSSR count). The van der Waals surface area contributed by atoms with Gasteiger partial charge >= 0.3 is 0 Å². The van der Waals surface area contributed by atoms with E-state index >= 15 is 0 Å². The number of methoxy groups -OCH3 is 4. The van der Waals surface area contributed by atoms with Crippen LogP contribution in [0.3, 0.4) is 0 Å². The number of carbonyl (C=O) groups excluding carboxylic acids is 2. The van der Waals surface area contributed by atoms with Gasteiger partial charge in [0.05, 0.1) is 39.0 Å². The summed E-state index contributed by atoms with van der Waals surface area (Å²) in [5.41, 5.74) is 2.73. The largest absolute Gasteiger partial charge is 0.495 e. The minimum Gasteiger partial charge on any atom is -0.495 e. The zero-order chi connectivity index (χ0) is 26.5. The summed E-state index contributed by atoms with van der Waals surface area (Å²) >= 11 is 1.40. The molecule has 0 aliphatic carbocycles. The number of carbonyl (C=O) groups is 2. The maximum atomic E-state index is 13.9. The summed E-state index contributed by atoms with van der Waals surface area (Å²) in [5, 5.41) is 2.29. The van der Waals surface area contributed by atoms with Crippen molar-refractivity contribution in [2.75, 3.05) is 38.7 Å². The first-order chi connectivity index (χ1) is 17.9. The van der Waals surface area contributed by atoms with Crippen LogP contribution in [0.2, 0.25) is 0 Å². The summed E-state index contributed by atoms with van der Waals surface area (Å²) in [6, 6.07) is 18.5. The smallest absolute Gasteiger partial charge is 0.266 e. The lowest BCUT2D eigenvalue weighted by Crippen LogP contribution is -2.28. The van der Waals surface area contributed by atoms with Gasteiger partial charge in [-0.15, -0.1) is 0 Å². The number of rotatable bonds is 8. The molecule has 37 heavy (non-hydrogen) atoms. The van der Waals surface area contributed by atoms with Gasteiger partial charge in [0, 0.05) is 12.6 Å². The van der Waals surface area contributed by atoms with Gasteiger partial charge < -0.3 is 24.3 Å². The molecule has 1 fully saturated rings. The second kappa shape index (κ2) is 11.3. The van der Waals surface area contributed by atoms with E-state index < -0.39 is 5.37 Å². The third-order valence-corrected chi connectivity index (χ3v) is 6.98. The van der Waals surface area contributed by atoms with Crippen molar-refractivity contribution < 1.29 is 28.5 Å². The molecule has 1 heterocycles. The lowest BCUT2D eigenvalue weighted by atomic mass is 10.1. The number of hydrogen-bond acceptors (Lipinski definition) is 7. The first-order valence-electron chi connectivity index (χ1n) is 11.4. The number of anilines is 2. The van der Waals surface area contributed by atoms with Crippen LogP contribution in [0, 0.1) is 0 Å². The molecule has 3 aromatic rings. The van der Waals surface area contributed by atoms with E-state index in [0.29, 0.717) is 39.3 Å². The number of amides is 2. The molecule has 3 aromatic carbocycles. The molecule has 0 saturated carbocycles. The number of benzene rings is 3. The van der Waals surface area contributed by atoms with Crippen molar-refractivity contribution in [1.82, 2.24) is 0 Å². The normalized spacial score (nSPS) is 16.0. The molecule has 192 valence electrons. The van der Waals surface area contributed by atoms with Gasteiger partial charge in [-0.3, -0.25) is 14.5 Å². The molecule has 1 aliphatic heterocycles. The van der Waals surface area contributed by atoms with Crippen LogP contribution in [0.4, 0.5) is 11.4 Å². The molecule has 0 aromatic heterocycles. The molecule has 1 N–H and O–H groups in total. The molecule has 1 saturated heterocycles. The fraction of sp³-hybridized carbons (Fsp3) is 0.214. The first kappa shape index (κ1) is 26.0. The Morgan fingerprint density at radius 1 is 0.892 bits per heavy atom. The molecule has 1 unspecified atom stereocenters. The van der Waals surface area contributed by atoms with E-state index in [1.165, 1.54) is 18.7 Å². The van der Waals surface area contributed by atoms with Crippen molar-refractivity contribution in [3.05, 3.63) is 76.7 Å². The molecule has 9 heteroatoms. The third kappa shape index (κ3) is 5.36. The monoisotopic (exact) mass is 520 g/mol. The van der Waals surface area contributed by atoms with Crippen LogP contribution in [0.25, 0.3) is 6.08 Å². The van der Waals surface area contributed by atoms with E-state index in [2.05, 4.69) is 5.32 Å². The Morgan fingerprint density at radius 3 is 2.11 bits per heavy atom. The van der Waals surface area contributed by atoms with E-state index in [1.807, 2.05) is 48.5 Å². The van der Waals surface area contributed by atoms with Gasteiger partial charge in [0.15, 0.2) is 11.5 Å². The van der Waals surface area contributed by atoms with Crippen LogP contribution in [0.15, 0.2) is 65.6 Å². The summed E-state index contributed by atoms with van der Waals surface area (Å²) < 4.78 is 22.3. The van der Waals surface area contributed by atoms with Crippen molar-refractivity contribution >= 4 is 41.0 Å². The molecule has 1 aliphatic rings. The van der Waals surface area contributed by atoms with Crippen molar-refractivity contribution in [1.29, 1.82) is 0 Å². The molecule has 1 atom stereocenters. The Morgan fingerprint density at radius 2 is 1.54 bits per heavy atom. The van der Waals surface area contributed by atoms with Crippen molar-refractivity contribution in [3.8, 4) is 23.0 Å². The van der Waals surface area contributed by atoms with E-state index in [-0.39, 0.29) is 11.8 Å². The van der Waals surface area contributed by atoms with Crippen LogP contribution in [-0.4, -0.2) is 40.3 Å². The Hall–Kier alpha value is -4.11. The molecule has 8 nitrogen and oxygen atoms in total. The SMILES string of the molecule is COc1ccc(NC(C)=O)cc1N1C(=O)/C(=C/c2ccccc2)SC1c1cc(OC)c(OC)c(OC)c1. The summed E-state index contributed by atoms with van der Waals surface area (Å²) in [6.07, 6.45) is 1.86. The quantitative estimate of drug-likeness (QED) is 0.393. The Bertz CT molecular complexity index is 1320. The minimum atomic E-state index is -0.488. The topological polar surface area (TPSA) is 86.3 Å². The molecule has 2 amide bonds. The maximum Gasteiger partial charge on any atom is 0.266 e. The van der Waals surface area contributed by atoms with E-state index in [9.17, 15) is 9.59 Å². The highest BCUT2D eigenvalue weighted by atomic mass is 32.2. The number of hydrogen-bond donors (Lipinski definition) is 1. The number of ether oxygens (including phenoxy) is 4. The van der Waals surface area contributed by atoms with Gasteiger partial charge in [-0.05, 0) is 47.5 Å². The predicted octanol–water partition coefficient (Wildman–Crippen LogP) is 5.50. The standard InChI is InChI=1S/C28H28N2O6S/c1-17(31)29-20-11-12-22(33-2)21(16-20)30-27(32)25(13-18-9-7-6-8-10-18)37-28(30)19-14-23(34-3)26(36-5)24(15-19)35-4/h6-16,28H,1-5H3,(H,29,31)/b25-13-. The second-order valence-corrected chi connectivity index (χ2v) is 9.21. The van der Waals surface area contributed by atoms with E-state index in [4.69, 9.17) is 18.9 Å². The minimum absolute atomic E-state index is 0.203. The molecule has 0 bridgehead atoms. The van der Waals surface area contributed by atoms with Crippen LogP contribution in [0.5, 0.6) is 23.0 Å². The average Bonchev–Trinajstić information content (AvgIpc) is 3.23. The van der Waals surface area contributed by atoms with Gasteiger partial charge in [0.1, 0.15) is 11.1 Å². The summed E-state index contributed by atoms with van der Waals surface area (Å²) in [7, 11) is 6.18. The van der Waals surface area contributed by atoms with Crippen molar-refractivity contribution in [2.45, 2.75) is 12.3 Å². The van der Waals surface area contributed by atoms with Crippen LogP contribution in [-0.2, 0) is 9.59 Å². The molecular weight excluding hydrogens is 492 g/mol. The zero-order valence-electron chi connectivity index (χ0n) is 21.2. The third-order valence-electron chi connectivity index (χ3n) is 5.73. The lowest BCUT2D eigenvalue weighted by Gasteiger charge is -2.27. The second-order valence-electron chi connectivity index (χ2n) is 8.09. The van der Waals surface area contributed by atoms with Gasteiger partial charge in [-0.2, -0.15) is 0 Å². The number of thioether (sulfide) groups is 1. The zero-order valence-corrected chi connectivity index (χ0v) is 22.0. The van der Waals surface area contributed by atoms with E-state index in [1.54, 1.807) is 51.5 Å². The fourth-order valence-electron chi connectivity index (χ4n) is 4.10. The highest BCUT2D eigenvalue weighted by molar-refractivity contribution is 8.05. The summed E-state index contributed by atoms with van der Waals surface area (Å²) in [4.78, 5) is 27.9. The Balaban J connectivity index is 1.90. The highest BCUT2D eigenvalue weighted by Gasteiger charge is 2.40. The van der Waals surface area contributed by atoms with Crippen LogP contribution < -0.4 is 29.2 Å². The van der Waals surface area contributed by atoms with Crippen molar-refractivity contribution in [2.24, 2.45) is 0 Å². The Kier molecular flexibility index (Phi) is 7.93. The molecule has 0 spiro atoms. The van der Waals surface area contributed by atoms with Crippen molar-refractivity contribution in [3.63, 3.8) is 0 Å². The first-order valence-corrected chi connectivity index (χ1v) is 12.3. The van der Waals surface area contributed by atoms with Gasteiger partial charge in [0.2, 0.25) is 11.7 Å². The fourth-order valence-corrected chi connectivity index (χ4v) is 5.33. The average molecular weight is 521 g/mol. The Labute approximate surface area is 220 Å². The maximum absolute atomic E-state index is 13.9. The van der Waals surface area contributed by atoms with Crippen LogP contribution >= 0.6 is 11.8 Å². The highest BCUT2D eigenvalue weighted by Crippen LogP contribution is 2.53. The summed E-state index contributed by atoms with van der Waals surface area (Å²) in [6.45, 7) is 1.43. The van der Waals surface area contributed by atoms with Gasteiger partial charge in [-0.25, -0.2) is 0 Å². The number of nitrogens with one attached hydrogen (secondary N) is 1. The molecule has 0 radical (unpaired) electrons. The summed E-state index contributed by atoms with van der Waals surface area (Å²) in [5.74, 6) is 1.48. The molecular formula is C28H28N2O6S. The van der Waals surface area contributed by atoms with Crippen LogP contribution in [0.1, 0.15) is 23.4 Å².